The van der Waals surface area contributed by atoms with Crippen molar-refractivity contribution in [1.29, 1.82) is 0 Å². The molecule has 0 atom stereocenters. The molecule has 0 saturated carbocycles. The summed E-state index contributed by atoms with van der Waals surface area (Å²) in [5.41, 5.74) is 1.78. The predicted molar refractivity (Wildman–Crippen MR) is 90.0 cm³/mol. The monoisotopic (exact) mass is 342 g/mol. The molecule has 0 aliphatic rings. The van der Waals surface area contributed by atoms with E-state index in [-0.39, 0.29) is 17.3 Å². The van der Waals surface area contributed by atoms with Crippen molar-refractivity contribution in [2.75, 3.05) is 6.54 Å². The van der Waals surface area contributed by atoms with Gasteiger partial charge in [-0.3, -0.25) is 4.79 Å². The molecule has 8 heteroatoms. The minimum absolute atomic E-state index is 0.197. The molecular weight excluding hydrogens is 323 g/mol. The van der Waals surface area contributed by atoms with Gasteiger partial charge in [-0.05, 0) is 38.0 Å². The SMILES string of the molecule is Cc1ccc(-n2nnc(C(=O)NCCCn3ccnc3)c2C)c(F)c1. The van der Waals surface area contributed by atoms with Crippen LogP contribution in [0.2, 0.25) is 0 Å². The smallest absolute Gasteiger partial charge is 0.273 e. The third-order valence-corrected chi connectivity index (χ3v) is 3.88. The molecule has 25 heavy (non-hydrogen) atoms. The van der Waals surface area contributed by atoms with Gasteiger partial charge in [0, 0.05) is 25.5 Å². The van der Waals surface area contributed by atoms with Gasteiger partial charge in [0.2, 0.25) is 0 Å². The van der Waals surface area contributed by atoms with Gasteiger partial charge in [-0.15, -0.1) is 5.10 Å². The topological polar surface area (TPSA) is 77.6 Å². The van der Waals surface area contributed by atoms with Crippen molar-refractivity contribution in [2.24, 2.45) is 0 Å². The molecule has 130 valence electrons. The maximum atomic E-state index is 14.1. The van der Waals surface area contributed by atoms with Crippen molar-refractivity contribution in [3.05, 3.63) is 59.7 Å². The van der Waals surface area contributed by atoms with Gasteiger partial charge in [0.1, 0.15) is 11.5 Å². The fraction of sp³-hybridized carbons (Fsp3) is 0.294. The lowest BCUT2D eigenvalue weighted by Gasteiger charge is -2.07. The summed E-state index contributed by atoms with van der Waals surface area (Å²) in [7, 11) is 0. The molecule has 1 aromatic carbocycles. The molecular formula is C17H19FN6O. The van der Waals surface area contributed by atoms with Crippen molar-refractivity contribution < 1.29 is 9.18 Å². The highest BCUT2D eigenvalue weighted by Gasteiger charge is 2.18. The third-order valence-electron chi connectivity index (χ3n) is 3.88. The van der Waals surface area contributed by atoms with E-state index in [4.69, 9.17) is 0 Å². The molecule has 0 unspecified atom stereocenters. The quantitative estimate of drug-likeness (QED) is 0.696. The zero-order chi connectivity index (χ0) is 17.8. The summed E-state index contributed by atoms with van der Waals surface area (Å²) in [4.78, 5) is 16.2. The Hall–Kier alpha value is -3.03. The van der Waals surface area contributed by atoms with Crippen LogP contribution in [0, 0.1) is 19.7 Å². The summed E-state index contributed by atoms with van der Waals surface area (Å²) in [6, 6.07) is 4.83. The summed E-state index contributed by atoms with van der Waals surface area (Å²) in [5, 5.41) is 10.6. The van der Waals surface area contributed by atoms with Gasteiger partial charge in [0.25, 0.3) is 5.91 Å². The normalized spacial score (nSPS) is 10.8. The summed E-state index contributed by atoms with van der Waals surface area (Å²) in [5.74, 6) is -0.720. The first-order valence-electron chi connectivity index (χ1n) is 7.99. The Kier molecular flexibility index (Phi) is 4.87. The van der Waals surface area contributed by atoms with E-state index in [2.05, 4.69) is 20.6 Å². The molecule has 0 bridgehead atoms. The zero-order valence-corrected chi connectivity index (χ0v) is 14.1. The lowest BCUT2D eigenvalue weighted by atomic mass is 10.2. The van der Waals surface area contributed by atoms with Crippen LogP contribution in [0.1, 0.15) is 28.2 Å². The summed E-state index contributed by atoms with van der Waals surface area (Å²) in [6.07, 6.45) is 6.08. The number of amides is 1. The van der Waals surface area contributed by atoms with Crippen LogP contribution in [0.5, 0.6) is 0 Å². The lowest BCUT2D eigenvalue weighted by molar-refractivity contribution is 0.0947. The van der Waals surface area contributed by atoms with Gasteiger partial charge in [-0.25, -0.2) is 14.1 Å². The van der Waals surface area contributed by atoms with Gasteiger partial charge >= 0.3 is 0 Å². The van der Waals surface area contributed by atoms with Crippen LogP contribution in [0.4, 0.5) is 4.39 Å². The molecule has 0 aliphatic carbocycles. The van der Waals surface area contributed by atoms with Gasteiger partial charge in [0.15, 0.2) is 5.69 Å². The maximum Gasteiger partial charge on any atom is 0.273 e. The number of carbonyl (C=O) groups excluding carboxylic acids is 1. The predicted octanol–water partition coefficient (Wildman–Crippen LogP) is 2.04. The van der Waals surface area contributed by atoms with E-state index < -0.39 is 5.82 Å². The number of hydrogen-bond donors (Lipinski definition) is 1. The number of hydrogen-bond acceptors (Lipinski definition) is 4. The molecule has 0 radical (unpaired) electrons. The molecule has 0 aliphatic heterocycles. The minimum Gasteiger partial charge on any atom is -0.351 e. The second kappa shape index (κ2) is 7.25. The van der Waals surface area contributed by atoms with Gasteiger partial charge in [-0.2, -0.15) is 0 Å². The number of nitrogens with zero attached hydrogens (tertiary/aromatic N) is 5. The van der Waals surface area contributed by atoms with Crippen LogP contribution < -0.4 is 5.32 Å². The van der Waals surface area contributed by atoms with Gasteiger partial charge in [0.05, 0.1) is 12.0 Å². The number of benzene rings is 1. The number of imidazole rings is 1. The van der Waals surface area contributed by atoms with Crippen LogP contribution >= 0.6 is 0 Å². The molecule has 0 spiro atoms. The third kappa shape index (κ3) is 3.73. The average molecular weight is 342 g/mol. The number of carbonyl (C=O) groups is 1. The Morgan fingerprint density at radius 1 is 1.32 bits per heavy atom. The highest BCUT2D eigenvalue weighted by atomic mass is 19.1. The number of rotatable bonds is 6. The minimum atomic E-state index is -0.403. The van der Waals surface area contributed by atoms with Gasteiger partial charge < -0.3 is 9.88 Å². The van der Waals surface area contributed by atoms with Crippen LogP contribution in [-0.2, 0) is 6.54 Å². The summed E-state index contributed by atoms with van der Waals surface area (Å²) in [6.45, 7) is 4.77. The van der Waals surface area contributed by atoms with E-state index in [9.17, 15) is 9.18 Å². The molecule has 2 heterocycles. The molecule has 7 nitrogen and oxygen atoms in total. The number of nitrogens with one attached hydrogen (secondary N) is 1. The van der Waals surface area contributed by atoms with E-state index in [0.717, 1.165) is 18.5 Å². The Labute approximate surface area is 144 Å². The second-order valence-electron chi connectivity index (χ2n) is 5.80. The Morgan fingerprint density at radius 3 is 2.88 bits per heavy atom. The fourth-order valence-corrected chi connectivity index (χ4v) is 2.52. The molecule has 1 amide bonds. The number of halogens is 1. The highest BCUT2D eigenvalue weighted by Crippen LogP contribution is 2.17. The van der Waals surface area contributed by atoms with Crippen LogP contribution in [0.3, 0.4) is 0 Å². The second-order valence-corrected chi connectivity index (χ2v) is 5.80. The van der Waals surface area contributed by atoms with E-state index >= 15 is 0 Å². The molecule has 0 fully saturated rings. The highest BCUT2D eigenvalue weighted by molar-refractivity contribution is 5.93. The van der Waals surface area contributed by atoms with E-state index in [1.807, 2.05) is 17.7 Å². The van der Waals surface area contributed by atoms with Crippen molar-refractivity contribution in [1.82, 2.24) is 29.9 Å². The van der Waals surface area contributed by atoms with E-state index in [0.29, 0.717) is 12.2 Å². The molecule has 0 saturated heterocycles. The summed E-state index contributed by atoms with van der Waals surface area (Å²) < 4.78 is 17.4. The Morgan fingerprint density at radius 2 is 2.16 bits per heavy atom. The number of aryl methyl sites for hydroxylation is 2. The number of aromatic nitrogens is 5. The Balaban J connectivity index is 1.64. The molecule has 1 N–H and O–H groups in total. The molecule has 3 aromatic rings. The average Bonchev–Trinajstić information content (AvgIpc) is 3.22. The van der Waals surface area contributed by atoms with E-state index in [1.54, 1.807) is 31.6 Å². The van der Waals surface area contributed by atoms with Gasteiger partial charge in [-0.1, -0.05) is 11.3 Å². The zero-order valence-electron chi connectivity index (χ0n) is 14.1. The largest absolute Gasteiger partial charge is 0.351 e. The van der Waals surface area contributed by atoms with Crippen molar-refractivity contribution in [3.63, 3.8) is 0 Å². The van der Waals surface area contributed by atoms with Crippen molar-refractivity contribution in [3.8, 4) is 5.69 Å². The van der Waals surface area contributed by atoms with Crippen molar-refractivity contribution in [2.45, 2.75) is 26.8 Å². The van der Waals surface area contributed by atoms with Crippen molar-refractivity contribution >= 4 is 5.91 Å². The van der Waals surface area contributed by atoms with Crippen LogP contribution in [0.15, 0.2) is 36.9 Å². The first-order chi connectivity index (χ1) is 12.1. The molecule has 3 rings (SSSR count). The summed E-state index contributed by atoms with van der Waals surface area (Å²) >= 11 is 0. The first kappa shape index (κ1) is 16.8. The van der Waals surface area contributed by atoms with E-state index in [1.165, 1.54) is 10.7 Å². The van der Waals surface area contributed by atoms with Crippen LogP contribution in [0.25, 0.3) is 5.69 Å². The standard InChI is InChI=1S/C17H19FN6O/c1-12-4-5-15(14(18)10-12)24-13(2)16(21-22-24)17(25)20-6-3-8-23-9-7-19-11-23/h4-5,7,9-11H,3,6,8H2,1-2H3,(H,20,25). The lowest BCUT2D eigenvalue weighted by Crippen LogP contribution is -2.26. The molecule has 2 aromatic heterocycles. The maximum absolute atomic E-state index is 14.1. The van der Waals surface area contributed by atoms with Crippen LogP contribution in [-0.4, -0.2) is 37.0 Å². The fourth-order valence-electron chi connectivity index (χ4n) is 2.52. The Bertz CT molecular complexity index is 871. The first-order valence-corrected chi connectivity index (χ1v) is 7.99.